The number of H-pyrrole nitrogens is 1. The van der Waals surface area contributed by atoms with Crippen LogP contribution in [-0.4, -0.2) is 29.6 Å². The summed E-state index contributed by atoms with van der Waals surface area (Å²) in [5.41, 5.74) is 3.49. The van der Waals surface area contributed by atoms with Gasteiger partial charge in [0.05, 0.1) is 5.69 Å². The van der Waals surface area contributed by atoms with Gasteiger partial charge in [0.25, 0.3) is 5.56 Å². The van der Waals surface area contributed by atoms with Gasteiger partial charge in [-0.1, -0.05) is 13.0 Å². The molecule has 5 rings (SSSR count). The Balaban J connectivity index is 1.45. The zero-order chi connectivity index (χ0) is 19.3. The number of aryl methyl sites for hydroxylation is 1. The largest absolute Gasteiger partial charge is 0.384 e. The van der Waals surface area contributed by atoms with Gasteiger partial charge in [0.2, 0.25) is 5.95 Å². The Morgan fingerprint density at radius 2 is 2.00 bits per heavy atom. The van der Waals surface area contributed by atoms with Gasteiger partial charge < -0.3 is 10.2 Å². The lowest BCUT2D eigenvalue weighted by molar-refractivity contribution is 0.222. The topological polar surface area (TPSA) is 61.0 Å². The van der Waals surface area contributed by atoms with Crippen molar-refractivity contribution in [1.29, 1.82) is 0 Å². The first kappa shape index (κ1) is 17.7. The van der Waals surface area contributed by atoms with E-state index in [1.807, 2.05) is 6.07 Å². The Kier molecular flexibility index (Phi) is 4.18. The average molecular weight is 382 g/mol. The third-order valence-corrected chi connectivity index (χ3v) is 7.19. The van der Waals surface area contributed by atoms with Crippen LogP contribution >= 0.6 is 0 Å². The van der Waals surface area contributed by atoms with Crippen molar-refractivity contribution in [3.8, 4) is 0 Å². The van der Waals surface area contributed by atoms with Gasteiger partial charge in [-0.25, -0.2) is 9.37 Å². The molecule has 0 saturated carbocycles. The van der Waals surface area contributed by atoms with E-state index in [4.69, 9.17) is 4.98 Å². The Hall–Kier alpha value is -2.37. The molecule has 0 bridgehead atoms. The Morgan fingerprint density at radius 3 is 2.82 bits per heavy atom. The van der Waals surface area contributed by atoms with Crippen LogP contribution in [0.1, 0.15) is 49.4 Å². The quantitative estimate of drug-likeness (QED) is 0.794. The van der Waals surface area contributed by atoms with Gasteiger partial charge in [-0.15, -0.1) is 0 Å². The second-order valence-electron chi connectivity index (χ2n) is 8.61. The standard InChI is InChI=1S/C22H27FN4O/c1-14-13-24-18-8-4-6-16(23)19(18)22(14)9-11-27(12-10-22)21-25-17-7-3-2-5-15(17)20(28)26-21/h4,6,8,14,24H,2-3,5,7,9-13H2,1H3,(H,25,26,28). The smallest absolute Gasteiger partial charge is 0.255 e. The van der Waals surface area contributed by atoms with Crippen LogP contribution in [0.4, 0.5) is 16.0 Å². The Labute approximate surface area is 164 Å². The molecule has 3 heterocycles. The molecule has 2 aliphatic heterocycles. The molecule has 2 aromatic rings. The summed E-state index contributed by atoms with van der Waals surface area (Å²) >= 11 is 0. The summed E-state index contributed by atoms with van der Waals surface area (Å²) in [4.78, 5) is 22.5. The average Bonchev–Trinajstić information content (AvgIpc) is 2.71. The fourth-order valence-electron chi connectivity index (χ4n) is 5.48. The number of fused-ring (bicyclic) bond motifs is 3. The van der Waals surface area contributed by atoms with Crippen molar-refractivity contribution in [3.05, 3.63) is 51.2 Å². The minimum Gasteiger partial charge on any atom is -0.384 e. The van der Waals surface area contributed by atoms with E-state index < -0.39 is 0 Å². The number of nitrogens with one attached hydrogen (secondary N) is 2. The van der Waals surface area contributed by atoms with E-state index in [1.54, 1.807) is 12.1 Å². The van der Waals surface area contributed by atoms with Crippen molar-refractivity contribution < 1.29 is 4.39 Å². The number of aromatic nitrogens is 2. The number of halogens is 1. The molecule has 0 amide bonds. The minimum absolute atomic E-state index is 0.0200. The second kappa shape index (κ2) is 6.61. The van der Waals surface area contributed by atoms with E-state index in [0.29, 0.717) is 11.9 Å². The lowest BCUT2D eigenvalue weighted by Crippen LogP contribution is -2.51. The molecule has 5 nitrogen and oxygen atoms in total. The SMILES string of the molecule is CC1CNc2cccc(F)c2C12CCN(c1nc3c(c(=O)[nH]1)CCCC3)CC2. The van der Waals surface area contributed by atoms with Crippen molar-refractivity contribution in [2.24, 2.45) is 5.92 Å². The number of piperidine rings is 1. The van der Waals surface area contributed by atoms with Gasteiger partial charge >= 0.3 is 0 Å². The summed E-state index contributed by atoms with van der Waals surface area (Å²) in [6, 6.07) is 5.35. The molecule has 28 heavy (non-hydrogen) atoms. The Morgan fingerprint density at radius 1 is 1.21 bits per heavy atom. The molecule has 1 aliphatic carbocycles. The molecule has 1 aromatic carbocycles. The number of hydrogen-bond donors (Lipinski definition) is 2. The molecular weight excluding hydrogens is 355 g/mol. The molecule has 1 saturated heterocycles. The van der Waals surface area contributed by atoms with Crippen molar-refractivity contribution >= 4 is 11.6 Å². The van der Waals surface area contributed by atoms with Crippen molar-refractivity contribution in [2.75, 3.05) is 29.9 Å². The summed E-state index contributed by atoms with van der Waals surface area (Å²) in [7, 11) is 0. The van der Waals surface area contributed by atoms with E-state index >= 15 is 0 Å². The minimum atomic E-state index is -0.156. The number of rotatable bonds is 1. The molecule has 2 N–H and O–H groups in total. The van der Waals surface area contributed by atoms with Gasteiger partial charge in [0.15, 0.2) is 0 Å². The molecule has 0 radical (unpaired) electrons. The first-order valence-electron chi connectivity index (χ1n) is 10.5. The van der Waals surface area contributed by atoms with E-state index in [2.05, 4.69) is 22.1 Å². The molecule has 1 unspecified atom stereocenters. The maximum absolute atomic E-state index is 14.8. The molecule has 148 valence electrons. The van der Waals surface area contributed by atoms with Crippen LogP contribution in [0.15, 0.2) is 23.0 Å². The highest BCUT2D eigenvalue weighted by Crippen LogP contribution is 2.48. The van der Waals surface area contributed by atoms with Gasteiger partial charge in [-0.2, -0.15) is 0 Å². The predicted octanol–water partition coefficient (Wildman–Crippen LogP) is 3.39. The Bertz CT molecular complexity index is 961. The number of benzene rings is 1. The zero-order valence-electron chi connectivity index (χ0n) is 16.4. The fourth-order valence-corrected chi connectivity index (χ4v) is 5.48. The zero-order valence-corrected chi connectivity index (χ0v) is 16.4. The molecular formula is C22H27FN4O. The van der Waals surface area contributed by atoms with Gasteiger partial charge in [0, 0.05) is 41.9 Å². The van der Waals surface area contributed by atoms with Crippen LogP contribution in [0.25, 0.3) is 0 Å². The third kappa shape index (κ3) is 2.65. The normalized spacial score (nSPS) is 23.1. The highest BCUT2D eigenvalue weighted by Gasteiger charge is 2.46. The van der Waals surface area contributed by atoms with Crippen LogP contribution in [0.5, 0.6) is 0 Å². The highest BCUT2D eigenvalue weighted by atomic mass is 19.1. The van der Waals surface area contributed by atoms with Crippen LogP contribution < -0.4 is 15.8 Å². The number of hydrogen-bond acceptors (Lipinski definition) is 4. The fraction of sp³-hybridized carbons (Fsp3) is 0.545. The van der Waals surface area contributed by atoms with Crippen molar-refractivity contribution in [3.63, 3.8) is 0 Å². The van der Waals surface area contributed by atoms with E-state index in [-0.39, 0.29) is 16.8 Å². The van der Waals surface area contributed by atoms with Crippen LogP contribution in [-0.2, 0) is 18.3 Å². The van der Waals surface area contributed by atoms with E-state index in [0.717, 1.165) is 80.7 Å². The van der Waals surface area contributed by atoms with Gasteiger partial charge in [0.1, 0.15) is 5.82 Å². The molecule has 1 fully saturated rings. The lowest BCUT2D eigenvalue weighted by Gasteiger charge is -2.49. The second-order valence-corrected chi connectivity index (χ2v) is 8.61. The number of anilines is 2. The molecule has 6 heteroatoms. The van der Waals surface area contributed by atoms with Crippen LogP contribution in [0.3, 0.4) is 0 Å². The monoisotopic (exact) mass is 382 g/mol. The van der Waals surface area contributed by atoms with Crippen molar-refractivity contribution in [2.45, 2.75) is 50.9 Å². The van der Waals surface area contributed by atoms with E-state index in [1.165, 1.54) is 0 Å². The molecule has 3 aliphatic rings. The first-order valence-corrected chi connectivity index (χ1v) is 10.5. The molecule has 1 spiro atoms. The maximum Gasteiger partial charge on any atom is 0.255 e. The highest BCUT2D eigenvalue weighted by molar-refractivity contribution is 5.59. The first-order chi connectivity index (χ1) is 13.6. The van der Waals surface area contributed by atoms with Gasteiger partial charge in [-0.05, 0) is 56.6 Å². The third-order valence-electron chi connectivity index (χ3n) is 7.19. The predicted molar refractivity (Wildman–Crippen MR) is 109 cm³/mol. The molecule has 1 aromatic heterocycles. The van der Waals surface area contributed by atoms with Crippen molar-refractivity contribution in [1.82, 2.24) is 9.97 Å². The molecule has 1 atom stereocenters. The number of nitrogens with zero attached hydrogens (tertiary/aromatic N) is 2. The summed E-state index contributed by atoms with van der Waals surface area (Å²) < 4.78 is 14.8. The lowest BCUT2D eigenvalue weighted by atomic mass is 9.63. The summed E-state index contributed by atoms with van der Waals surface area (Å²) in [6.07, 6.45) is 5.63. The van der Waals surface area contributed by atoms with Crippen LogP contribution in [0.2, 0.25) is 0 Å². The summed E-state index contributed by atoms with van der Waals surface area (Å²) in [5, 5.41) is 3.40. The number of aromatic amines is 1. The maximum atomic E-state index is 14.8. The summed E-state index contributed by atoms with van der Waals surface area (Å²) in [6.45, 7) is 4.64. The van der Waals surface area contributed by atoms with E-state index in [9.17, 15) is 9.18 Å². The summed E-state index contributed by atoms with van der Waals surface area (Å²) in [5.74, 6) is 0.941. The van der Waals surface area contributed by atoms with Crippen LogP contribution in [0, 0.1) is 11.7 Å². The van der Waals surface area contributed by atoms with Gasteiger partial charge in [-0.3, -0.25) is 9.78 Å².